The Balaban J connectivity index is 2.29. The lowest BCUT2D eigenvalue weighted by Gasteiger charge is -2.03. The van der Waals surface area contributed by atoms with Gasteiger partial charge in [0.1, 0.15) is 0 Å². The third-order valence-corrected chi connectivity index (χ3v) is 2.64. The molecular formula is C13H17ClO2. The van der Waals surface area contributed by atoms with Gasteiger partial charge in [-0.2, -0.15) is 0 Å². The van der Waals surface area contributed by atoms with Crippen molar-refractivity contribution in [1.82, 2.24) is 0 Å². The van der Waals surface area contributed by atoms with Crippen LogP contribution in [0, 0.1) is 0 Å². The largest absolute Gasteiger partial charge is 0.466 e. The van der Waals surface area contributed by atoms with Crippen LogP contribution in [0.3, 0.4) is 0 Å². The molecular weight excluding hydrogens is 224 g/mol. The van der Waals surface area contributed by atoms with E-state index in [1.165, 1.54) is 5.56 Å². The maximum absolute atomic E-state index is 11.1. The fraction of sp³-hybridized carbons (Fsp3) is 0.462. The van der Waals surface area contributed by atoms with E-state index in [9.17, 15) is 4.79 Å². The Morgan fingerprint density at radius 2 is 1.88 bits per heavy atom. The van der Waals surface area contributed by atoms with Gasteiger partial charge in [-0.3, -0.25) is 4.79 Å². The summed E-state index contributed by atoms with van der Waals surface area (Å²) in [5, 5.41) is 0. The Bertz CT molecular complexity index is 319. The van der Waals surface area contributed by atoms with Gasteiger partial charge < -0.3 is 4.74 Å². The van der Waals surface area contributed by atoms with Crippen LogP contribution in [-0.2, 0) is 21.8 Å². The maximum atomic E-state index is 11.1. The van der Waals surface area contributed by atoms with E-state index in [0.717, 1.165) is 18.4 Å². The summed E-state index contributed by atoms with van der Waals surface area (Å²) in [4.78, 5) is 11.1. The highest BCUT2D eigenvalue weighted by Gasteiger charge is 2.01. The molecule has 0 atom stereocenters. The molecule has 0 radical (unpaired) electrons. The molecule has 0 aliphatic rings. The molecule has 0 N–H and O–H groups in total. The molecule has 0 bridgehead atoms. The first-order valence-corrected chi connectivity index (χ1v) is 6.09. The SMILES string of the molecule is CCOC(=O)CCCc1ccc(CCl)cc1. The van der Waals surface area contributed by atoms with E-state index in [1.54, 1.807) is 0 Å². The minimum atomic E-state index is -0.111. The smallest absolute Gasteiger partial charge is 0.305 e. The molecule has 0 fully saturated rings. The molecule has 0 amide bonds. The van der Waals surface area contributed by atoms with Crippen molar-refractivity contribution in [3.05, 3.63) is 35.4 Å². The maximum Gasteiger partial charge on any atom is 0.305 e. The summed E-state index contributed by atoms with van der Waals surface area (Å²) in [5.74, 6) is 0.434. The highest BCUT2D eigenvalue weighted by molar-refractivity contribution is 6.17. The molecule has 0 aliphatic carbocycles. The lowest BCUT2D eigenvalue weighted by atomic mass is 10.1. The number of carbonyl (C=O) groups is 1. The van der Waals surface area contributed by atoms with Gasteiger partial charge in [-0.15, -0.1) is 11.6 Å². The predicted molar refractivity (Wildman–Crippen MR) is 65.6 cm³/mol. The minimum Gasteiger partial charge on any atom is -0.466 e. The summed E-state index contributed by atoms with van der Waals surface area (Å²) in [6.45, 7) is 2.28. The Labute approximate surface area is 102 Å². The lowest BCUT2D eigenvalue weighted by molar-refractivity contribution is -0.143. The van der Waals surface area contributed by atoms with E-state index in [2.05, 4.69) is 12.1 Å². The van der Waals surface area contributed by atoms with Crippen molar-refractivity contribution in [2.75, 3.05) is 6.61 Å². The summed E-state index contributed by atoms with van der Waals surface area (Å²) in [5.41, 5.74) is 2.36. The average molecular weight is 241 g/mol. The number of carbonyl (C=O) groups excluding carboxylic acids is 1. The van der Waals surface area contributed by atoms with Crippen molar-refractivity contribution in [3.8, 4) is 0 Å². The van der Waals surface area contributed by atoms with Crippen LogP contribution in [0.15, 0.2) is 24.3 Å². The monoisotopic (exact) mass is 240 g/mol. The Kier molecular flexibility index (Phi) is 5.94. The summed E-state index contributed by atoms with van der Waals surface area (Å²) >= 11 is 5.70. The van der Waals surface area contributed by atoms with Gasteiger partial charge in [0.25, 0.3) is 0 Å². The van der Waals surface area contributed by atoms with E-state index in [1.807, 2.05) is 19.1 Å². The first-order chi connectivity index (χ1) is 7.76. The molecule has 2 nitrogen and oxygen atoms in total. The van der Waals surface area contributed by atoms with Gasteiger partial charge in [-0.25, -0.2) is 0 Å². The standard InChI is InChI=1S/C13H17ClO2/c1-2-16-13(15)5-3-4-11-6-8-12(10-14)9-7-11/h6-9H,2-5,10H2,1H3. The number of esters is 1. The summed E-state index contributed by atoms with van der Waals surface area (Å²) in [6.07, 6.45) is 2.23. The van der Waals surface area contributed by atoms with E-state index in [4.69, 9.17) is 16.3 Å². The van der Waals surface area contributed by atoms with E-state index in [-0.39, 0.29) is 5.97 Å². The number of rotatable bonds is 6. The molecule has 0 unspecified atom stereocenters. The number of hydrogen-bond acceptors (Lipinski definition) is 2. The quantitative estimate of drug-likeness (QED) is 0.563. The predicted octanol–water partition coefficient (Wildman–Crippen LogP) is 3.31. The normalized spacial score (nSPS) is 10.1. The summed E-state index contributed by atoms with van der Waals surface area (Å²) in [6, 6.07) is 8.16. The van der Waals surface area contributed by atoms with Gasteiger partial charge in [0.2, 0.25) is 0 Å². The molecule has 0 aliphatic heterocycles. The van der Waals surface area contributed by atoms with Gasteiger partial charge in [-0.1, -0.05) is 24.3 Å². The van der Waals surface area contributed by atoms with Crippen molar-refractivity contribution in [2.45, 2.75) is 32.1 Å². The van der Waals surface area contributed by atoms with Crippen LogP contribution in [0.5, 0.6) is 0 Å². The number of aryl methyl sites for hydroxylation is 1. The number of halogens is 1. The zero-order valence-electron chi connectivity index (χ0n) is 9.54. The van der Waals surface area contributed by atoms with Crippen LogP contribution in [0.1, 0.15) is 30.9 Å². The third-order valence-electron chi connectivity index (χ3n) is 2.33. The molecule has 1 rings (SSSR count). The van der Waals surface area contributed by atoms with Crippen LogP contribution in [0.4, 0.5) is 0 Å². The topological polar surface area (TPSA) is 26.3 Å². The molecule has 0 heterocycles. The van der Waals surface area contributed by atoms with Gasteiger partial charge in [0.15, 0.2) is 0 Å². The highest BCUT2D eigenvalue weighted by Crippen LogP contribution is 2.09. The number of ether oxygens (including phenoxy) is 1. The molecule has 1 aromatic carbocycles. The third kappa shape index (κ3) is 4.67. The first kappa shape index (κ1) is 13.0. The second-order valence-electron chi connectivity index (χ2n) is 3.61. The first-order valence-electron chi connectivity index (χ1n) is 5.55. The number of alkyl halides is 1. The zero-order valence-corrected chi connectivity index (χ0v) is 10.3. The number of benzene rings is 1. The van der Waals surface area contributed by atoms with Gasteiger partial charge in [0, 0.05) is 12.3 Å². The molecule has 88 valence electrons. The Morgan fingerprint density at radius 3 is 2.44 bits per heavy atom. The molecule has 0 spiro atoms. The zero-order chi connectivity index (χ0) is 11.8. The van der Waals surface area contributed by atoms with Crippen LogP contribution in [0.2, 0.25) is 0 Å². The van der Waals surface area contributed by atoms with Crippen molar-refractivity contribution >= 4 is 17.6 Å². The van der Waals surface area contributed by atoms with E-state index in [0.29, 0.717) is 18.9 Å². The Hall–Kier alpha value is -1.02. The second kappa shape index (κ2) is 7.29. The van der Waals surface area contributed by atoms with Gasteiger partial charge in [-0.05, 0) is 30.9 Å². The van der Waals surface area contributed by atoms with E-state index >= 15 is 0 Å². The van der Waals surface area contributed by atoms with Crippen LogP contribution < -0.4 is 0 Å². The van der Waals surface area contributed by atoms with Gasteiger partial charge >= 0.3 is 5.97 Å². The highest BCUT2D eigenvalue weighted by atomic mass is 35.5. The lowest BCUT2D eigenvalue weighted by Crippen LogP contribution is -2.03. The van der Waals surface area contributed by atoms with Gasteiger partial charge in [0.05, 0.1) is 6.61 Å². The average Bonchev–Trinajstić information content (AvgIpc) is 2.30. The second-order valence-corrected chi connectivity index (χ2v) is 3.88. The van der Waals surface area contributed by atoms with E-state index < -0.39 is 0 Å². The van der Waals surface area contributed by atoms with Crippen LogP contribution in [0.25, 0.3) is 0 Å². The molecule has 0 aromatic heterocycles. The Morgan fingerprint density at radius 1 is 1.25 bits per heavy atom. The molecule has 0 saturated heterocycles. The van der Waals surface area contributed by atoms with Crippen molar-refractivity contribution in [1.29, 1.82) is 0 Å². The van der Waals surface area contributed by atoms with Crippen molar-refractivity contribution < 1.29 is 9.53 Å². The molecule has 1 aromatic rings. The minimum absolute atomic E-state index is 0.111. The fourth-order valence-corrected chi connectivity index (χ4v) is 1.64. The van der Waals surface area contributed by atoms with Crippen LogP contribution in [-0.4, -0.2) is 12.6 Å². The fourth-order valence-electron chi connectivity index (χ4n) is 1.47. The summed E-state index contributed by atoms with van der Waals surface area (Å²) < 4.78 is 4.86. The van der Waals surface area contributed by atoms with Crippen LogP contribution >= 0.6 is 11.6 Å². The van der Waals surface area contributed by atoms with Crippen molar-refractivity contribution in [2.24, 2.45) is 0 Å². The molecule has 0 saturated carbocycles. The number of hydrogen-bond donors (Lipinski definition) is 0. The van der Waals surface area contributed by atoms with Crippen molar-refractivity contribution in [3.63, 3.8) is 0 Å². The molecule has 16 heavy (non-hydrogen) atoms. The molecule has 3 heteroatoms. The summed E-state index contributed by atoms with van der Waals surface area (Å²) in [7, 11) is 0.